The van der Waals surface area contributed by atoms with Crippen molar-refractivity contribution in [3.63, 3.8) is 0 Å². The normalized spacial score (nSPS) is 10.5. The van der Waals surface area contributed by atoms with Crippen molar-refractivity contribution in [2.24, 2.45) is 0 Å². The van der Waals surface area contributed by atoms with Gasteiger partial charge in [0.25, 0.3) is 17.5 Å². The maximum Gasteiger partial charge on any atom is 0.322 e. The van der Waals surface area contributed by atoms with Gasteiger partial charge in [-0.05, 0) is 23.6 Å². The van der Waals surface area contributed by atoms with Crippen LogP contribution in [0.4, 0.5) is 11.7 Å². The summed E-state index contributed by atoms with van der Waals surface area (Å²) < 4.78 is 5.30. The monoisotopic (exact) mass is 350 g/mol. The number of hydrogen-bond donors (Lipinski definition) is 1. The molecular weight excluding hydrogens is 344 g/mol. The molecule has 0 spiro atoms. The minimum Gasteiger partial charge on any atom is -0.402 e. The van der Waals surface area contributed by atoms with Crippen molar-refractivity contribution in [1.29, 1.82) is 0 Å². The molecular formula is C13H7ClN4O4S. The van der Waals surface area contributed by atoms with Crippen LogP contribution >= 0.6 is 22.9 Å². The highest BCUT2D eigenvalue weighted by Crippen LogP contribution is 2.26. The van der Waals surface area contributed by atoms with E-state index in [2.05, 4.69) is 15.5 Å². The predicted molar refractivity (Wildman–Crippen MR) is 83.7 cm³/mol. The Hall–Kier alpha value is -2.78. The maximum absolute atomic E-state index is 12.2. The molecule has 23 heavy (non-hydrogen) atoms. The number of benzene rings is 1. The average molecular weight is 351 g/mol. The first-order chi connectivity index (χ1) is 11.0. The smallest absolute Gasteiger partial charge is 0.322 e. The quantitative estimate of drug-likeness (QED) is 0.568. The lowest BCUT2D eigenvalue weighted by Crippen LogP contribution is -2.14. The Labute approximate surface area is 137 Å². The number of thiophene rings is 1. The Morgan fingerprint density at radius 2 is 2.17 bits per heavy atom. The van der Waals surface area contributed by atoms with Gasteiger partial charge in [0.2, 0.25) is 0 Å². The molecule has 0 aliphatic carbocycles. The van der Waals surface area contributed by atoms with Gasteiger partial charge in [0, 0.05) is 11.1 Å². The van der Waals surface area contributed by atoms with Crippen LogP contribution in [0.2, 0.25) is 5.02 Å². The van der Waals surface area contributed by atoms with Crippen LogP contribution in [0.15, 0.2) is 40.1 Å². The molecule has 0 fully saturated rings. The van der Waals surface area contributed by atoms with E-state index in [1.807, 2.05) is 11.4 Å². The van der Waals surface area contributed by atoms with Crippen LogP contribution in [0.25, 0.3) is 10.8 Å². The van der Waals surface area contributed by atoms with Crippen molar-refractivity contribution >= 4 is 40.5 Å². The van der Waals surface area contributed by atoms with Crippen LogP contribution in [0.5, 0.6) is 0 Å². The van der Waals surface area contributed by atoms with E-state index in [-0.39, 0.29) is 28.2 Å². The molecule has 0 radical (unpaired) electrons. The summed E-state index contributed by atoms with van der Waals surface area (Å²) in [6.07, 6.45) is 0. The number of rotatable bonds is 4. The first-order valence-corrected chi connectivity index (χ1v) is 7.43. The number of halogens is 1. The molecule has 8 nitrogen and oxygen atoms in total. The number of nitro groups is 1. The molecule has 0 unspecified atom stereocenters. The van der Waals surface area contributed by atoms with Gasteiger partial charge in [-0.1, -0.05) is 22.8 Å². The Kier molecular flexibility index (Phi) is 4.04. The largest absolute Gasteiger partial charge is 0.402 e. The number of carbonyl (C=O) groups excluding carboxylic acids is 1. The van der Waals surface area contributed by atoms with Crippen LogP contribution < -0.4 is 5.32 Å². The number of nitro benzene ring substituents is 1. The molecule has 0 saturated carbocycles. The summed E-state index contributed by atoms with van der Waals surface area (Å²) in [6, 6.07) is 7.13. The van der Waals surface area contributed by atoms with Crippen molar-refractivity contribution in [1.82, 2.24) is 10.2 Å². The van der Waals surface area contributed by atoms with Crippen molar-refractivity contribution in [2.45, 2.75) is 0 Å². The van der Waals surface area contributed by atoms with E-state index in [4.69, 9.17) is 16.0 Å². The summed E-state index contributed by atoms with van der Waals surface area (Å²) in [7, 11) is 0. The van der Waals surface area contributed by atoms with Crippen molar-refractivity contribution < 1.29 is 14.1 Å². The van der Waals surface area contributed by atoms with Gasteiger partial charge >= 0.3 is 6.01 Å². The zero-order valence-corrected chi connectivity index (χ0v) is 12.8. The minimum atomic E-state index is -0.763. The third-order valence-electron chi connectivity index (χ3n) is 2.78. The fourth-order valence-electron chi connectivity index (χ4n) is 1.79. The maximum atomic E-state index is 12.2. The first kappa shape index (κ1) is 15.1. The highest BCUT2D eigenvalue weighted by atomic mass is 35.5. The summed E-state index contributed by atoms with van der Waals surface area (Å²) in [5.41, 5.74) is -0.566. The topological polar surface area (TPSA) is 111 Å². The third kappa shape index (κ3) is 3.20. The molecule has 3 aromatic rings. The fraction of sp³-hybridized carbons (Fsp3) is 0. The van der Waals surface area contributed by atoms with Gasteiger partial charge in [0.15, 0.2) is 0 Å². The van der Waals surface area contributed by atoms with E-state index in [1.165, 1.54) is 23.5 Å². The van der Waals surface area contributed by atoms with Gasteiger partial charge in [-0.2, -0.15) is 0 Å². The van der Waals surface area contributed by atoms with Gasteiger partial charge in [0.05, 0.1) is 9.80 Å². The van der Waals surface area contributed by atoms with Gasteiger partial charge < -0.3 is 4.42 Å². The molecule has 0 atom stereocenters. The number of aromatic nitrogens is 2. The van der Waals surface area contributed by atoms with Crippen LogP contribution in [-0.4, -0.2) is 21.0 Å². The molecule has 1 N–H and O–H groups in total. The van der Waals surface area contributed by atoms with E-state index in [9.17, 15) is 14.9 Å². The molecule has 116 valence electrons. The SMILES string of the molecule is O=C(Nc1nnc(-c2cccs2)o1)c1cc(Cl)ccc1[N+](=O)[O-]. The van der Waals surface area contributed by atoms with Gasteiger partial charge in [-0.3, -0.25) is 20.2 Å². The first-order valence-electron chi connectivity index (χ1n) is 6.17. The number of hydrogen-bond acceptors (Lipinski definition) is 7. The highest BCUT2D eigenvalue weighted by molar-refractivity contribution is 7.13. The van der Waals surface area contributed by atoms with Crippen LogP contribution in [-0.2, 0) is 0 Å². The number of carbonyl (C=O) groups is 1. The highest BCUT2D eigenvalue weighted by Gasteiger charge is 2.22. The van der Waals surface area contributed by atoms with Crippen molar-refractivity contribution in [2.75, 3.05) is 5.32 Å². The summed E-state index contributed by atoms with van der Waals surface area (Å²) in [6.45, 7) is 0. The average Bonchev–Trinajstić information content (AvgIpc) is 3.17. The molecule has 2 aromatic heterocycles. The standard InChI is InChI=1S/C13H7ClN4O4S/c14-7-3-4-9(18(20)21)8(6-7)11(19)15-13-17-16-12(22-13)10-2-1-5-23-10/h1-6H,(H,15,17,19). The fourth-order valence-corrected chi connectivity index (χ4v) is 2.60. The summed E-state index contributed by atoms with van der Waals surface area (Å²) in [5, 5.41) is 22.8. The third-order valence-corrected chi connectivity index (χ3v) is 3.87. The van der Waals surface area contributed by atoms with E-state index in [0.717, 1.165) is 10.9 Å². The second-order valence-electron chi connectivity index (χ2n) is 4.26. The van der Waals surface area contributed by atoms with E-state index >= 15 is 0 Å². The van der Waals surface area contributed by atoms with E-state index in [0.29, 0.717) is 0 Å². The minimum absolute atomic E-state index is 0.160. The lowest BCUT2D eigenvalue weighted by Gasteiger charge is -2.02. The van der Waals surface area contributed by atoms with Crippen LogP contribution in [0.1, 0.15) is 10.4 Å². The molecule has 2 heterocycles. The zero-order chi connectivity index (χ0) is 16.4. The molecule has 3 rings (SSSR count). The lowest BCUT2D eigenvalue weighted by atomic mass is 10.1. The summed E-state index contributed by atoms with van der Waals surface area (Å²) >= 11 is 7.18. The lowest BCUT2D eigenvalue weighted by molar-refractivity contribution is -0.385. The predicted octanol–water partition coefficient (Wildman–Crippen LogP) is 3.61. The second-order valence-corrected chi connectivity index (χ2v) is 5.65. The molecule has 0 aliphatic heterocycles. The van der Waals surface area contributed by atoms with Crippen molar-refractivity contribution in [3.8, 4) is 10.8 Å². The number of anilines is 1. The zero-order valence-electron chi connectivity index (χ0n) is 11.2. The van der Waals surface area contributed by atoms with Gasteiger partial charge in [-0.25, -0.2) is 0 Å². The Morgan fingerprint density at radius 3 is 2.87 bits per heavy atom. The summed E-state index contributed by atoms with van der Waals surface area (Å²) in [5.74, 6) is -0.517. The second kappa shape index (κ2) is 6.15. The van der Waals surface area contributed by atoms with Gasteiger partial charge in [0.1, 0.15) is 5.56 Å². The van der Waals surface area contributed by atoms with E-state index < -0.39 is 10.8 Å². The summed E-state index contributed by atoms with van der Waals surface area (Å²) in [4.78, 5) is 23.2. The Morgan fingerprint density at radius 1 is 1.35 bits per heavy atom. The Bertz CT molecular complexity index is 878. The molecule has 1 amide bonds. The van der Waals surface area contributed by atoms with Gasteiger partial charge in [-0.15, -0.1) is 16.4 Å². The number of amides is 1. The molecule has 0 saturated heterocycles. The van der Waals surface area contributed by atoms with Crippen molar-refractivity contribution in [3.05, 3.63) is 56.4 Å². The van der Waals surface area contributed by atoms with E-state index in [1.54, 1.807) is 6.07 Å². The molecule has 0 aliphatic rings. The number of nitrogens with one attached hydrogen (secondary N) is 1. The molecule has 0 bridgehead atoms. The number of nitrogens with zero attached hydrogens (tertiary/aromatic N) is 3. The Balaban J connectivity index is 1.85. The molecule has 10 heteroatoms. The van der Waals surface area contributed by atoms with Crippen LogP contribution in [0.3, 0.4) is 0 Å². The van der Waals surface area contributed by atoms with Crippen LogP contribution in [0, 0.1) is 10.1 Å². The molecule has 1 aromatic carbocycles.